The van der Waals surface area contributed by atoms with E-state index in [0.717, 1.165) is 146 Å². The third kappa shape index (κ3) is 6.15. The van der Waals surface area contributed by atoms with Gasteiger partial charge in [0.05, 0.1) is 22.7 Å². The fourth-order valence-corrected chi connectivity index (χ4v) is 13.5. The minimum atomic E-state index is 0.564. The Labute approximate surface area is 436 Å². The Balaban J connectivity index is 1.02. The molecule has 0 bridgehead atoms. The van der Waals surface area contributed by atoms with Crippen LogP contribution in [0.4, 0.5) is 34.1 Å². The molecule has 0 N–H and O–H groups in total. The maximum Gasteiger partial charge on any atom is 0.159 e. The molecule has 0 atom stereocenters. The molecular formula is C70H48N2O4. The van der Waals surface area contributed by atoms with Crippen molar-refractivity contribution < 1.29 is 17.7 Å². The normalized spacial score (nSPS) is 14.4. The first-order valence-electron chi connectivity index (χ1n) is 27.0. The van der Waals surface area contributed by atoms with E-state index in [2.05, 4.69) is 204 Å². The van der Waals surface area contributed by atoms with Crippen molar-refractivity contribution in [1.29, 1.82) is 0 Å². The van der Waals surface area contributed by atoms with Crippen LogP contribution in [-0.2, 0) is 6.42 Å². The number of hydrogen-bond donors (Lipinski definition) is 0. The highest BCUT2D eigenvalue weighted by molar-refractivity contribution is 6.30. The number of hydrogen-bond acceptors (Lipinski definition) is 6. The average Bonchev–Trinajstić information content (AvgIpc) is 4.39. The van der Waals surface area contributed by atoms with E-state index >= 15 is 0 Å². The van der Waals surface area contributed by atoms with Crippen LogP contribution >= 0.6 is 0 Å². The Bertz CT molecular complexity index is 4880. The van der Waals surface area contributed by atoms with Gasteiger partial charge in [-0.2, -0.15) is 0 Å². The molecule has 11 aromatic carbocycles. The predicted molar refractivity (Wildman–Crippen MR) is 314 cm³/mol. The number of rotatable bonds is 7. The molecule has 6 nitrogen and oxygen atoms in total. The number of aryl methyl sites for hydroxylation is 1. The van der Waals surface area contributed by atoms with Crippen LogP contribution in [0.25, 0.3) is 115 Å². The van der Waals surface area contributed by atoms with Crippen molar-refractivity contribution in [2.75, 3.05) is 9.80 Å². The summed E-state index contributed by atoms with van der Waals surface area (Å²) in [6, 6.07) is 68.6. The monoisotopic (exact) mass is 980 g/mol. The Morgan fingerprint density at radius 2 is 0.895 bits per heavy atom. The van der Waals surface area contributed by atoms with Crippen molar-refractivity contribution in [3.8, 4) is 0 Å². The molecule has 0 aliphatic heterocycles. The summed E-state index contributed by atoms with van der Waals surface area (Å²) in [6.07, 6.45) is 12.7. The van der Waals surface area contributed by atoms with Gasteiger partial charge in [0.25, 0.3) is 0 Å². The van der Waals surface area contributed by atoms with E-state index in [9.17, 15) is 0 Å². The topological polar surface area (TPSA) is 59.0 Å². The molecule has 17 rings (SSSR count). The molecule has 0 amide bonds. The Morgan fingerprint density at radius 1 is 0.368 bits per heavy atom. The maximum atomic E-state index is 7.03. The minimum absolute atomic E-state index is 0.564. The lowest BCUT2D eigenvalue weighted by Crippen LogP contribution is -2.15. The minimum Gasteiger partial charge on any atom is -0.460 e. The summed E-state index contributed by atoms with van der Waals surface area (Å²) in [6.45, 7) is 0. The second-order valence-corrected chi connectivity index (χ2v) is 21.2. The third-order valence-electron chi connectivity index (χ3n) is 17.0. The summed E-state index contributed by atoms with van der Waals surface area (Å²) in [4.78, 5) is 4.89. The van der Waals surface area contributed by atoms with Crippen LogP contribution in [0.5, 0.6) is 0 Å². The molecule has 1 saturated carbocycles. The van der Waals surface area contributed by atoms with Gasteiger partial charge in [0.2, 0.25) is 0 Å². The van der Waals surface area contributed by atoms with Gasteiger partial charge in [0.15, 0.2) is 11.2 Å². The van der Waals surface area contributed by atoms with E-state index < -0.39 is 0 Å². The number of allylic oxidation sites excluding steroid dienone is 1. The highest BCUT2D eigenvalue weighted by Crippen LogP contribution is 2.54. The molecule has 1 fully saturated rings. The van der Waals surface area contributed by atoms with Gasteiger partial charge in [-0.25, -0.2) is 0 Å². The first-order chi connectivity index (χ1) is 37.7. The SMILES string of the molecule is C1=Cc2c(oc3ccc(N(c4cc(N(c5ccc6oc7ccccc7c6c5)c5cccc6c5oc5ccccc56)c5ccc6cc(C7CCCCC7)cc7ccc4c5c76)c4cccc5c4oc4ccccc45)cc23)CC1. The summed E-state index contributed by atoms with van der Waals surface area (Å²) in [7, 11) is 0. The number of nitrogens with zero attached hydrogens (tertiary/aromatic N) is 2. The summed E-state index contributed by atoms with van der Waals surface area (Å²) in [5.41, 5.74) is 14.4. The molecule has 6 heteroatoms. The molecule has 0 saturated heterocycles. The lowest BCUT2D eigenvalue weighted by Gasteiger charge is -2.32. The van der Waals surface area contributed by atoms with Crippen LogP contribution in [-0.4, -0.2) is 0 Å². The van der Waals surface area contributed by atoms with E-state index in [-0.39, 0.29) is 0 Å². The van der Waals surface area contributed by atoms with Crippen LogP contribution < -0.4 is 9.80 Å². The molecule has 0 spiro atoms. The van der Waals surface area contributed by atoms with Gasteiger partial charge >= 0.3 is 0 Å². The molecule has 4 heterocycles. The third-order valence-corrected chi connectivity index (χ3v) is 17.0. The molecular weight excluding hydrogens is 933 g/mol. The average molecular weight is 981 g/mol. The maximum absolute atomic E-state index is 7.03. The first kappa shape index (κ1) is 42.1. The van der Waals surface area contributed by atoms with Crippen molar-refractivity contribution in [2.24, 2.45) is 0 Å². The van der Waals surface area contributed by atoms with Gasteiger partial charge in [-0.05, 0) is 120 Å². The van der Waals surface area contributed by atoms with Gasteiger partial charge in [0.1, 0.15) is 33.7 Å². The van der Waals surface area contributed by atoms with Gasteiger partial charge in [0, 0.05) is 77.2 Å². The number of furan rings is 4. The molecule has 0 radical (unpaired) electrons. The van der Waals surface area contributed by atoms with E-state index in [1.807, 2.05) is 6.07 Å². The lowest BCUT2D eigenvalue weighted by molar-refractivity contribution is 0.444. The standard InChI is InChI=1S/C70H48N2O4/c1-2-14-41(15-3-1)44-36-42-28-32-53-59(71(45-30-34-65-55(38-45)49-18-6-8-24-61(49)73-65)57-22-12-20-51-47-16-4-10-26-63(47)75-69(51)57)40-60(54-33-29-43(37-44)67(42)68(53)54)72(46-31-35-66-56(39-46)50-19-7-9-25-62(50)74-66)58-23-13-21-52-48-17-5-11-27-64(48)76-70(52)58/h4-8,10-13,16-24,26-41H,1-3,9,14-15,25H2. The summed E-state index contributed by atoms with van der Waals surface area (Å²) in [5.74, 6) is 1.60. The Morgan fingerprint density at radius 3 is 1.51 bits per heavy atom. The van der Waals surface area contributed by atoms with E-state index in [1.165, 1.54) is 59.2 Å². The second kappa shape index (κ2) is 16.1. The van der Waals surface area contributed by atoms with Crippen LogP contribution in [0.3, 0.4) is 0 Å². The predicted octanol–water partition coefficient (Wildman–Crippen LogP) is 21.0. The molecule has 76 heavy (non-hydrogen) atoms. The van der Waals surface area contributed by atoms with Gasteiger partial charge < -0.3 is 27.5 Å². The highest BCUT2D eigenvalue weighted by Gasteiger charge is 2.30. The summed E-state index contributed by atoms with van der Waals surface area (Å²) >= 11 is 0. The number of anilines is 6. The molecule has 0 unspecified atom stereocenters. The van der Waals surface area contributed by atoms with E-state index in [1.54, 1.807) is 0 Å². The van der Waals surface area contributed by atoms with Crippen LogP contribution in [0, 0.1) is 0 Å². The molecule has 2 aliphatic rings. The van der Waals surface area contributed by atoms with Crippen LogP contribution in [0.2, 0.25) is 0 Å². The first-order valence-corrected chi connectivity index (χ1v) is 27.0. The smallest absolute Gasteiger partial charge is 0.159 e. The van der Waals surface area contributed by atoms with Crippen molar-refractivity contribution in [3.63, 3.8) is 0 Å². The summed E-state index contributed by atoms with van der Waals surface area (Å²) in [5, 5.41) is 14.8. The molecule has 2 aliphatic carbocycles. The number of para-hydroxylation sites is 5. The van der Waals surface area contributed by atoms with Crippen molar-refractivity contribution >= 4 is 149 Å². The van der Waals surface area contributed by atoms with Crippen LogP contribution in [0.1, 0.15) is 61.3 Å². The van der Waals surface area contributed by atoms with Crippen LogP contribution in [0.15, 0.2) is 212 Å². The zero-order valence-corrected chi connectivity index (χ0v) is 41.6. The largest absolute Gasteiger partial charge is 0.460 e. The van der Waals surface area contributed by atoms with Gasteiger partial charge in [-0.15, -0.1) is 0 Å². The van der Waals surface area contributed by atoms with E-state index in [0.29, 0.717) is 5.92 Å². The quantitative estimate of drug-likeness (QED) is 0.148. The Kier molecular flexibility index (Phi) is 8.94. The fraction of sp³-hybridized carbons (Fsp3) is 0.114. The van der Waals surface area contributed by atoms with Crippen molar-refractivity contribution in [3.05, 3.63) is 211 Å². The van der Waals surface area contributed by atoms with Crippen molar-refractivity contribution in [2.45, 2.75) is 50.9 Å². The Hall–Kier alpha value is -9.26. The van der Waals surface area contributed by atoms with E-state index in [4.69, 9.17) is 17.7 Å². The van der Waals surface area contributed by atoms with Gasteiger partial charge in [-0.3, -0.25) is 0 Å². The zero-order valence-electron chi connectivity index (χ0n) is 41.6. The van der Waals surface area contributed by atoms with Gasteiger partial charge in [-0.1, -0.05) is 147 Å². The zero-order chi connectivity index (χ0) is 49.6. The van der Waals surface area contributed by atoms with Crippen molar-refractivity contribution in [1.82, 2.24) is 0 Å². The number of fused-ring (bicyclic) bond motifs is 12. The fourth-order valence-electron chi connectivity index (χ4n) is 13.5. The molecule has 4 aromatic heterocycles. The lowest BCUT2D eigenvalue weighted by atomic mass is 9.82. The molecule has 15 aromatic rings. The highest BCUT2D eigenvalue weighted by atomic mass is 16.3. The number of benzene rings is 11. The second-order valence-electron chi connectivity index (χ2n) is 21.2. The molecule has 362 valence electrons. The summed E-state index contributed by atoms with van der Waals surface area (Å²) < 4.78 is 27.2.